The van der Waals surface area contributed by atoms with E-state index in [1.54, 1.807) is 0 Å². The van der Waals surface area contributed by atoms with Crippen molar-refractivity contribution in [2.24, 2.45) is 0 Å². The molecule has 22 heavy (non-hydrogen) atoms. The third-order valence-corrected chi connectivity index (χ3v) is 4.73. The van der Waals surface area contributed by atoms with Crippen molar-refractivity contribution in [3.05, 3.63) is 35.4 Å². The topological polar surface area (TPSA) is 42.8 Å². The summed E-state index contributed by atoms with van der Waals surface area (Å²) in [5.74, 6) is 0.165. The van der Waals surface area contributed by atoms with Crippen LogP contribution in [0.4, 0.5) is 0 Å². The molecule has 4 nitrogen and oxygen atoms in total. The zero-order valence-electron chi connectivity index (χ0n) is 13.6. The molecule has 0 spiro atoms. The van der Waals surface area contributed by atoms with Crippen LogP contribution in [-0.2, 0) is 16.0 Å². The molecule has 3 atom stereocenters. The smallest absolute Gasteiger partial charge is 0.275 e. The molecule has 1 aromatic rings. The van der Waals surface area contributed by atoms with E-state index >= 15 is 0 Å². The van der Waals surface area contributed by atoms with Crippen LogP contribution in [0.1, 0.15) is 43.9 Å². The third-order valence-electron chi connectivity index (χ3n) is 4.73. The highest BCUT2D eigenvalue weighted by Crippen LogP contribution is 2.29. The van der Waals surface area contributed by atoms with E-state index in [-0.39, 0.29) is 24.2 Å². The zero-order chi connectivity index (χ0) is 15.5. The molecule has 1 aromatic carbocycles. The number of fused-ring (bicyclic) bond motifs is 1. The second kappa shape index (κ2) is 6.80. The monoisotopic (exact) mass is 303 g/mol. The Bertz CT molecular complexity index is 522. The van der Waals surface area contributed by atoms with Gasteiger partial charge in [-0.15, -0.1) is 0 Å². The van der Waals surface area contributed by atoms with E-state index in [1.807, 2.05) is 0 Å². The number of carbonyl (C=O) groups excluding carboxylic acids is 1. The molecule has 0 radical (unpaired) electrons. The third kappa shape index (κ3) is 3.68. The Morgan fingerprint density at radius 3 is 2.77 bits per heavy atom. The Hall–Kier alpha value is -1.39. The minimum atomic E-state index is 0.165. The maximum atomic E-state index is 12.4. The van der Waals surface area contributed by atoms with E-state index in [0.29, 0.717) is 6.54 Å². The van der Waals surface area contributed by atoms with Crippen LogP contribution in [0.15, 0.2) is 24.3 Å². The number of rotatable bonds is 3. The first kappa shape index (κ1) is 15.5. The normalized spacial score (nSPS) is 31.4. The molecule has 0 saturated carbocycles. The maximum absolute atomic E-state index is 12.4. The van der Waals surface area contributed by atoms with Crippen LogP contribution in [0, 0.1) is 0 Å². The molecule has 0 unspecified atom stereocenters. The zero-order valence-corrected chi connectivity index (χ0v) is 13.6. The van der Waals surface area contributed by atoms with Crippen molar-refractivity contribution in [3.63, 3.8) is 0 Å². The average molecular weight is 303 g/mol. The largest absolute Gasteiger partial charge is 0.364 e. The summed E-state index contributed by atoms with van der Waals surface area (Å²) in [5.41, 5.74) is 2.70. The highest BCUT2D eigenvalue weighted by molar-refractivity contribution is 5.77. The number of hydrogen-bond acceptors (Lipinski definition) is 2. The number of ether oxygens (including phenoxy) is 1. The first-order valence-electron chi connectivity index (χ1n) is 8.48. The van der Waals surface area contributed by atoms with Gasteiger partial charge in [0, 0.05) is 0 Å². The van der Waals surface area contributed by atoms with Gasteiger partial charge in [0.05, 0.1) is 6.04 Å². The molecule has 1 heterocycles. The van der Waals surface area contributed by atoms with E-state index in [4.69, 9.17) is 4.74 Å². The molecule has 2 N–H and O–H groups in total. The fraction of sp³-hybridized carbons (Fsp3) is 0.611. The predicted octanol–water partition coefficient (Wildman–Crippen LogP) is 0.872. The number of quaternary nitrogens is 1. The first-order valence-corrected chi connectivity index (χ1v) is 8.48. The van der Waals surface area contributed by atoms with Gasteiger partial charge in [-0.2, -0.15) is 0 Å². The summed E-state index contributed by atoms with van der Waals surface area (Å²) in [6, 6.07) is 8.69. The summed E-state index contributed by atoms with van der Waals surface area (Å²) in [6.07, 6.45) is 3.81. The van der Waals surface area contributed by atoms with Crippen LogP contribution in [0.25, 0.3) is 0 Å². The van der Waals surface area contributed by atoms with Crippen LogP contribution in [0.5, 0.6) is 0 Å². The summed E-state index contributed by atoms with van der Waals surface area (Å²) >= 11 is 0. The van der Waals surface area contributed by atoms with Gasteiger partial charge in [-0.3, -0.25) is 4.79 Å². The number of carbonyl (C=O) groups is 1. The van der Waals surface area contributed by atoms with Gasteiger partial charge < -0.3 is 15.0 Å². The number of nitrogens with one attached hydrogen (secondary N) is 2. The van der Waals surface area contributed by atoms with Gasteiger partial charge in [-0.05, 0) is 44.2 Å². The fourth-order valence-corrected chi connectivity index (χ4v) is 3.91. The summed E-state index contributed by atoms with van der Waals surface area (Å²) in [6.45, 7) is 6.56. The Morgan fingerprint density at radius 1 is 1.27 bits per heavy atom. The second-order valence-electron chi connectivity index (χ2n) is 6.80. The molecule has 1 aliphatic heterocycles. The van der Waals surface area contributed by atoms with Crippen LogP contribution in [-0.4, -0.2) is 37.7 Å². The van der Waals surface area contributed by atoms with Crippen molar-refractivity contribution in [2.45, 2.75) is 51.4 Å². The van der Waals surface area contributed by atoms with Crippen molar-refractivity contribution < 1.29 is 14.4 Å². The molecule has 1 aliphatic carbocycles. The number of benzene rings is 1. The molecule has 1 amide bonds. The van der Waals surface area contributed by atoms with Gasteiger partial charge in [0.1, 0.15) is 25.3 Å². The van der Waals surface area contributed by atoms with Crippen molar-refractivity contribution in [3.8, 4) is 0 Å². The SMILES string of the molecule is C[C@H]1C[NH+](CC(=O)N[C@@H]2CCCc3ccccc32)C[C@H](C)O1. The lowest BCUT2D eigenvalue weighted by Gasteiger charge is -2.32. The van der Waals surface area contributed by atoms with Gasteiger partial charge in [0.25, 0.3) is 5.91 Å². The summed E-state index contributed by atoms with van der Waals surface area (Å²) in [4.78, 5) is 13.8. The van der Waals surface area contributed by atoms with E-state index < -0.39 is 0 Å². The Morgan fingerprint density at radius 2 is 2.00 bits per heavy atom. The molecule has 3 rings (SSSR count). The molecular formula is C18H27N2O2+. The molecular weight excluding hydrogens is 276 g/mol. The van der Waals surface area contributed by atoms with Gasteiger partial charge in [0.15, 0.2) is 6.54 Å². The van der Waals surface area contributed by atoms with E-state index in [9.17, 15) is 4.79 Å². The summed E-state index contributed by atoms with van der Waals surface area (Å²) < 4.78 is 5.74. The van der Waals surface area contributed by atoms with Crippen LogP contribution < -0.4 is 10.2 Å². The maximum Gasteiger partial charge on any atom is 0.275 e. The highest BCUT2D eigenvalue weighted by atomic mass is 16.5. The van der Waals surface area contributed by atoms with Gasteiger partial charge >= 0.3 is 0 Å². The van der Waals surface area contributed by atoms with Gasteiger partial charge in [-0.1, -0.05) is 24.3 Å². The number of amides is 1. The van der Waals surface area contributed by atoms with Gasteiger partial charge in [-0.25, -0.2) is 0 Å². The molecule has 0 bridgehead atoms. The number of aryl methyl sites for hydroxylation is 1. The predicted molar refractivity (Wildman–Crippen MR) is 85.8 cm³/mol. The lowest BCUT2D eigenvalue weighted by atomic mass is 9.88. The van der Waals surface area contributed by atoms with Crippen LogP contribution in [0.3, 0.4) is 0 Å². The standard InChI is InChI=1S/C18H26N2O2/c1-13-10-20(11-14(2)22-13)12-18(21)19-17-9-5-7-15-6-3-4-8-16(15)17/h3-4,6,8,13-14,17H,5,7,9-12H2,1-2H3,(H,19,21)/p+1/t13-,14-,17+/m0/s1. The summed E-state index contributed by atoms with van der Waals surface area (Å²) in [7, 11) is 0. The van der Waals surface area contributed by atoms with E-state index in [1.165, 1.54) is 16.0 Å². The molecule has 120 valence electrons. The fourth-order valence-electron chi connectivity index (χ4n) is 3.91. The van der Waals surface area contributed by atoms with Crippen molar-refractivity contribution >= 4 is 5.91 Å². The summed E-state index contributed by atoms with van der Waals surface area (Å²) in [5, 5.41) is 3.25. The molecule has 1 fully saturated rings. The lowest BCUT2D eigenvalue weighted by Crippen LogP contribution is -3.16. The molecule has 1 saturated heterocycles. The minimum absolute atomic E-state index is 0.165. The molecule has 2 aliphatic rings. The Kier molecular flexibility index (Phi) is 4.79. The van der Waals surface area contributed by atoms with Crippen molar-refractivity contribution in [2.75, 3.05) is 19.6 Å². The first-order chi connectivity index (χ1) is 10.6. The van der Waals surface area contributed by atoms with Crippen LogP contribution in [0.2, 0.25) is 0 Å². The number of morpholine rings is 1. The molecule has 4 heteroatoms. The molecule has 0 aromatic heterocycles. The van der Waals surface area contributed by atoms with Crippen LogP contribution >= 0.6 is 0 Å². The van der Waals surface area contributed by atoms with E-state index in [0.717, 1.165) is 32.4 Å². The highest BCUT2D eigenvalue weighted by Gasteiger charge is 2.28. The number of hydrogen-bond donors (Lipinski definition) is 2. The van der Waals surface area contributed by atoms with Crippen molar-refractivity contribution in [1.29, 1.82) is 0 Å². The Labute approximate surface area is 132 Å². The van der Waals surface area contributed by atoms with Gasteiger partial charge in [0.2, 0.25) is 0 Å². The average Bonchev–Trinajstić information content (AvgIpc) is 2.46. The van der Waals surface area contributed by atoms with Crippen molar-refractivity contribution in [1.82, 2.24) is 5.32 Å². The lowest BCUT2D eigenvalue weighted by molar-refractivity contribution is -0.907. The minimum Gasteiger partial charge on any atom is -0.364 e. The Balaban J connectivity index is 1.58. The van der Waals surface area contributed by atoms with E-state index in [2.05, 4.69) is 43.4 Å². The quantitative estimate of drug-likeness (QED) is 0.870. The second-order valence-corrected chi connectivity index (χ2v) is 6.80.